The molecule has 1 rings (SSSR count). The van der Waals surface area contributed by atoms with Crippen LogP contribution in [0, 0.1) is 6.92 Å². The van der Waals surface area contributed by atoms with Gasteiger partial charge in [-0.25, -0.2) is 0 Å². The molecule has 1 N–H and O–H groups in total. The summed E-state index contributed by atoms with van der Waals surface area (Å²) in [5.74, 6) is 0.392. The van der Waals surface area contributed by atoms with Crippen molar-refractivity contribution >= 4 is 11.8 Å². The molecule has 0 aliphatic rings. The molecule has 21 heavy (non-hydrogen) atoms. The van der Waals surface area contributed by atoms with Crippen molar-refractivity contribution in [3.05, 3.63) is 23.5 Å². The lowest BCUT2D eigenvalue weighted by Gasteiger charge is -2.21. The fourth-order valence-corrected chi connectivity index (χ4v) is 1.91. The molecule has 0 spiro atoms. The van der Waals surface area contributed by atoms with Crippen LogP contribution >= 0.6 is 11.8 Å². The van der Waals surface area contributed by atoms with Gasteiger partial charge in [-0.1, -0.05) is 0 Å². The Morgan fingerprint density at radius 3 is 2.48 bits per heavy atom. The second-order valence-electron chi connectivity index (χ2n) is 5.64. The van der Waals surface area contributed by atoms with Crippen molar-refractivity contribution in [2.75, 3.05) is 12.4 Å². The van der Waals surface area contributed by atoms with E-state index in [9.17, 15) is 13.2 Å². The molecule has 0 amide bonds. The molecule has 1 aromatic heterocycles. The van der Waals surface area contributed by atoms with Crippen LogP contribution in [0.5, 0.6) is 5.75 Å². The fourth-order valence-electron chi connectivity index (χ4n) is 1.51. The molecule has 3 nitrogen and oxygen atoms in total. The van der Waals surface area contributed by atoms with Gasteiger partial charge in [0.15, 0.2) is 0 Å². The van der Waals surface area contributed by atoms with E-state index in [1.807, 2.05) is 27.7 Å². The Balaban J connectivity index is 2.60. The van der Waals surface area contributed by atoms with Gasteiger partial charge in [0.2, 0.25) is 0 Å². The molecule has 7 heteroatoms. The van der Waals surface area contributed by atoms with Crippen molar-refractivity contribution in [3.63, 3.8) is 0 Å². The summed E-state index contributed by atoms with van der Waals surface area (Å²) in [5.41, 5.74) is -2.74. The highest BCUT2D eigenvalue weighted by atomic mass is 32.2. The standard InChI is InChI=1S/C14H21F3N2OS/c1-10-5-6-12(20-7-8-21-14(15,16)17)11(19-10)9-18-13(2,3)4/h5-6,18H,7-9H2,1-4H3. The molecule has 0 atom stereocenters. The van der Waals surface area contributed by atoms with Gasteiger partial charge in [-0.3, -0.25) is 4.98 Å². The lowest BCUT2D eigenvalue weighted by atomic mass is 10.1. The predicted molar refractivity (Wildman–Crippen MR) is 79.6 cm³/mol. The van der Waals surface area contributed by atoms with Gasteiger partial charge < -0.3 is 10.1 Å². The lowest BCUT2D eigenvalue weighted by Crippen LogP contribution is -2.35. The van der Waals surface area contributed by atoms with E-state index in [1.54, 1.807) is 12.1 Å². The Morgan fingerprint density at radius 1 is 1.24 bits per heavy atom. The number of ether oxygens (including phenoxy) is 1. The normalized spacial score (nSPS) is 12.5. The number of aromatic nitrogens is 1. The molecule has 0 radical (unpaired) electrons. The summed E-state index contributed by atoms with van der Waals surface area (Å²) < 4.78 is 41.6. The lowest BCUT2D eigenvalue weighted by molar-refractivity contribution is -0.0329. The number of halogens is 3. The van der Waals surface area contributed by atoms with Crippen LogP contribution in [0.1, 0.15) is 32.2 Å². The van der Waals surface area contributed by atoms with Crippen molar-refractivity contribution in [2.45, 2.75) is 45.3 Å². The molecule has 0 saturated carbocycles. The summed E-state index contributed by atoms with van der Waals surface area (Å²) in [6.45, 7) is 8.46. The van der Waals surface area contributed by atoms with Crippen molar-refractivity contribution in [3.8, 4) is 5.75 Å². The first kappa shape index (κ1) is 18.1. The van der Waals surface area contributed by atoms with Crippen LogP contribution in [0.3, 0.4) is 0 Å². The summed E-state index contributed by atoms with van der Waals surface area (Å²) in [5, 5.41) is 3.29. The molecule has 120 valence electrons. The summed E-state index contributed by atoms with van der Waals surface area (Å²) in [7, 11) is 0. The van der Waals surface area contributed by atoms with E-state index in [4.69, 9.17) is 4.74 Å². The molecule has 1 heterocycles. The quantitative estimate of drug-likeness (QED) is 0.805. The zero-order valence-corrected chi connectivity index (χ0v) is 13.5. The molecule has 0 aliphatic heterocycles. The second-order valence-corrected chi connectivity index (χ2v) is 6.80. The van der Waals surface area contributed by atoms with Crippen molar-refractivity contribution in [2.24, 2.45) is 0 Å². The monoisotopic (exact) mass is 322 g/mol. The first-order chi connectivity index (χ1) is 9.57. The maximum absolute atomic E-state index is 12.1. The Morgan fingerprint density at radius 2 is 1.90 bits per heavy atom. The Hall–Kier alpha value is -0.950. The van der Waals surface area contributed by atoms with Gasteiger partial charge in [0, 0.05) is 23.5 Å². The fraction of sp³-hybridized carbons (Fsp3) is 0.643. The van der Waals surface area contributed by atoms with Crippen molar-refractivity contribution < 1.29 is 17.9 Å². The molecule has 0 saturated heterocycles. The van der Waals surface area contributed by atoms with Gasteiger partial charge in [0.25, 0.3) is 0 Å². The van der Waals surface area contributed by atoms with Crippen LogP contribution in [0.2, 0.25) is 0 Å². The molecule has 0 aliphatic carbocycles. The Labute approximate surface area is 127 Å². The van der Waals surface area contributed by atoms with Gasteiger partial charge in [-0.15, -0.1) is 0 Å². The minimum atomic E-state index is -4.22. The van der Waals surface area contributed by atoms with E-state index >= 15 is 0 Å². The highest BCUT2D eigenvalue weighted by Gasteiger charge is 2.27. The smallest absolute Gasteiger partial charge is 0.441 e. The van der Waals surface area contributed by atoms with Gasteiger partial charge in [-0.05, 0) is 51.6 Å². The van der Waals surface area contributed by atoms with E-state index in [-0.39, 0.29) is 29.7 Å². The maximum Gasteiger partial charge on any atom is 0.441 e. The molecule has 0 unspecified atom stereocenters. The molecule has 0 bridgehead atoms. The largest absolute Gasteiger partial charge is 0.491 e. The summed E-state index contributed by atoms with van der Waals surface area (Å²) in [6, 6.07) is 3.53. The molecular formula is C14H21F3N2OS. The van der Waals surface area contributed by atoms with Crippen LogP contribution in [0.15, 0.2) is 12.1 Å². The van der Waals surface area contributed by atoms with E-state index in [0.717, 1.165) is 5.69 Å². The van der Waals surface area contributed by atoms with Crippen LogP contribution in [-0.2, 0) is 6.54 Å². The number of thioether (sulfide) groups is 1. The third kappa shape index (κ3) is 8.16. The van der Waals surface area contributed by atoms with E-state index in [1.165, 1.54) is 0 Å². The summed E-state index contributed by atoms with van der Waals surface area (Å²) >= 11 is -0.0816. The molecule has 0 aromatic carbocycles. The third-order valence-electron chi connectivity index (χ3n) is 2.46. The predicted octanol–water partition coefficient (Wildman–Crippen LogP) is 3.91. The number of hydrogen-bond acceptors (Lipinski definition) is 4. The van der Waals surface area contributed by atoms with Crippen LogP contribution in [-0.4, -0.2) is 28.4 Å². The van der Waals surface area contributed by atoms with E-state index < -0.39 is 5.51 Å². The molecular weight excluding hydrogens is 301 g/mol. The minimum absolute atomic E-state index is 0.00254. The number of rotatable bonds is 6. The number of pyridine rings is 1. The van der Waals surface area contributed by atoms with Crippen molar-refractivity contribution in [1.29, 1.82) is 0 Å². The average molecular weight is 322 g/mol. The Kier molecular flexibility index (Phi) is 6.34. The van der Waals surface area contributed by atoms with Gasteiger partial charge in [0.05, 0.1) is 12.3 Å². The SMILES string of the molecule is Cc1ccc(OCCSC(F)(F)F)c(CNC(C)(C)C)n1. The summed E-state index contributed by atoms with van der Waals surface area (Å²) in [4.78, 5) is 4.39. The van der Waals surface area contributed by atoms with Crippen molar-refractivity contribution in [1.82, 2.24) is 10.3 Å². The number of aryl methyl sites for hydroxylation is 1. The Bertz CT molecular complexity index is 459. The van der Waals surface area contributed by atoms with E-state index in [2.05, 4.69) is 10.3 Å². The highest BCUT2D eigenvalue weighted by molar-refractivity contribution is 8.00. The zero-order valence-electron chi connectivity index (χ0n) is 12.7. The van der Waals surface area contributed by atoms with Crippen LogP contribution < -0.4 is 10.1 Å². The van der Waals surface area contributed by atoms with E-state index in [0.29, 0.717) is 18.0 Å². The topological polar surface area (TPSA) is 34.1 Å². The highest BCUT2D eigenvalue weighted by Crippen LogP contribution is 2.30. The first-order valence-electron chi connectivity index (χ1n) is 6.62. The van der Waals surface area contributed by atoms with Gasteiger partial charge in [-0.2, -0.15) is 13.2 Å². The van der Waals surface area contributed by atoms with Gasteiger partial charge in [0.1, 0.15) is 5.75 Å². The molecule has 1 aromatic rings. The number of nitrogens with one attached hydrogen (secondary N) is 1. The number of nitrogens with zero attached hydrogens (tertiary/aromatic N) is 1. The maximum atomic E-state index is 12.1. The van der Waals surface area contributed by atoms with Crippen LogP contribution in [0.4, 0.5) is 13.2 Å². The van der Waals surface area contributed by atoms with Crippen LogP contribution in [0.25, 0.3) is 0 Å². The minimum Gasteiger partial charge on any atom is -0.491 e. The average Bonchev–Trinajstić information content (AvgIpc) is 2.31. The first-order valence-corrected chi connectivity index (χ1v) is 7.60. The second kappa shape index (κ2) is 7.35. The third-order valence-corrected chi connectivity index (χ3v) is 3.16. The number of hydrogen-bond donors (Lipinski definition) is 1. The zero-order chi connectivity index (χ0) is 16.1. The summed E-state index contributed by atoms with van der Waals surface area (Å²) in [6.07, 6.45) is 0. The van der Waals surface area contributed by atoms with Gasteiger partial charge >= 0.3 is 5.51 Å². The molecule has 0 fully saturated rings. The number of alkyl halides is 3.